The standard InChI is InChI=1S/C30H29ClN4O2S/c1-17(2)29(36)33-23-11-10-21(15-19(23)4)35-28(27(34-30(35)38)24-7-5-6-14-32-24)26-13-12-25(37-26)22-16-20(31)9-8-18(22)3/h5-17,27-28H,1-4H3,(H,33,36)(H,34,38)/t27-,28-/m0/s1. The molecule has 5 rings (SSSR count). The van der Waals surface area contributed by atoms with E-state index in [1.165, 1.54) is 0 Å². The third-order valence-electron chi connectivity index (χ3n) is 6.75. The molecule has 2 N–H and O–H groups in total. The van der Waals surface area contributed by atoms with Gasteiger partial charge in [0.15, 0.2) is 5.11 Å². The van der Waals surface area contributed by atoms with E-state index in [0.717, 1.165) is 45.3 Å². The van der Waals surface area contributed by atoms with Gasteiger partial charge in [-0.25, -0.2) is 0 Å². The van der Waals surface area contributed by atoms with Gasteiger partial charge in [0.2, 0.25) is 5.91 Å². The van der Waals surface area contributed by atoms with Crippen molar-refractivity contribution in [3.63, 3.8) is 0 Å². The molecule has 0 saturated carbocycles. The zero-order chi connectivity index (χ0) is 27.0. The van der Waals surface area contributed by atoms with E-state index >= 15 is 0 Å². The first-order valence-corrected chi connectivity index (χ1v) is 13.3. The number of hydrogen-bond acceptors (Lipinski definition) is 4. The molecule has 2 aromatic heterocycles. The fourth-order valence-corrected chi connectivity index (χ4v) is 5.17. The van der Waals surface area contributed by atoms with Gasteiger partial charge >= 0.3 is 0 Å². The lowest BCUT2D eigenvalue weighted by atomic mass is 10.0. The molecule has 8 heteroatoms. The van der Waals surface area contributed by atoms with Crippen LogP contribution >= 0.6 is 23.8 Å². The summed E-state index contributed by atoms with van der Waals surface area (Å²) in [4.78, 5) is 19.0. The molecule has 0 bridgehead atoms. The van der Waals surface area contributed by atoms with E-state index in [0.29, 0.717) is 10.1 Å². The molecule has 3 heterocycles. The van der Waals surface area contributed by atoms with Gasteiger partial charge in [-0.2, -0.15) is 0 Å². The second kappa shape index (κ2) is 10.6. The molecular formula is C30H29ClN4O2S. The van der Waals surface area contributed by atoms with Crippen LogP contribution in [0.15, 0.2) is 77.3 Å². The number of benzene rings is 2. The summed E-state index contributed by atoms with van der Waals surface area (Å²) < 4.78 is 6.49. The topological polar surface area (TPSA) is 70.4 Å². The highest BCUT2D eigenvalue weighted by atomic mass is 35.5. The Morgan fingerprint density at radius 2 is 1.89 bits per heavy atom. The van der Waals surface area contributed by atoms with Gasteiger partial charge in [-0.05, 0) is 91.8 Å². The van der Waals surface area contributed by atoms with Gasteiger partial charge in [0, 0.05) is 34.1 Å². The summed E-state index contributed by atoms with van der Waals surface area (Å²) in [5.74, 6) is 1.36. The van der Waals surface area contributed by atoms with E-state index in [2.05, 4.69) is 20.5 Å². The number of carbonyl (C=O) groups excluding carboxylic acids is 1. The van der Waals surface area contributed by atoms with Crippen LogP contribution in [-0.2, 0) is 4.79 Å². The molecule has 1 saturated heterocycles. The van der Waals surface area contributed by atoms with Crippen molar-refractivity contribution in [1.29, 1.82) is 0 Å². The van der Waals surface area contributed by atoms with Crippen LogP contribution in [0.2, 0.25) is 5.02 Å². The summed E-state index contributed by atoms with van der Waals surface area (Å²) in [5.41, 5.74) is 5.48. The van der Waals surface area contributed by atoms with Crippen molar-refractivity contribution in [2.24, 2.45) is 5.92 Å². The largest absolute Gasteiger partial charge is 0.459 e. The minimum atomic E-state index is -0.291. The first-order valence-electron chi connectivity index (χ1n) is 12.5. The molecule has 2 aromatic carbocycles. The molecule has 1 amide bonds. The number of carbonyl (C=O) groups is 1. The zero-order valence-electron chi connectivity index (χ0n) is 21.7. The summed E-state index contributed by atoms with van der Waals surface area (Å²) >= 11 is 12.1. The number of aryl methyl sites for hydroxylation is 2. The number of anilines is 2. The fraction of sp³-hybridized carbons (Fsp3) is 0.233. The summed E-state index contributed by atoms with van der Waals surface area (Å²) in [6, 6.07) is 21.0. The van der Waals surface area contributed by atoms with E-state index in [-0.39, 0.29) is 23.9 Å². The van der Waals surface area contributed by atoms with Crippen LogP contribution in [0.5, 0.6) is 0 Å². The molecule has 0 unspecified atom stereocenters. The number of nitrogens with one attached hydrogen (secondary N) is 2. The molecule has 38 heavy (non-hydrogen) atoms. The van der Waals surface area contributed by atoms with Crippen LogP contribution in [0, 0.1) is 19.8 Å². The maximum absolute atomic E-state index is 12.3. The van der Waals surface area contributed by atoms with Gasteiger partial charge in [-0.1, -0.05) is 37.6 Å². The molecule has 1 aliphatic heterocycles. The number of rotatable bonds is 6. The molecule has 1 aliphatic rings. The number of halogens is 1. The van der Waals surface area contributed by atoms with Crippen molar-refractivity contribution in [1.82, 2.24) is 10.3 Å². The predicted molar refractivity (Wildman–Crippen MR) is 156 cm³/mol. The van der Waals surface area contributed by atoms with Crippen molar-refractivity contribution >= 4 is 46.2 Å². The normalized spacial score (nSPS) is 17.1. The third kappa shape index (κ3) is 5.04. The van der Waals surface area contributed by atoms with Crippen molar-refractivity contribution < 1.29 is 9.21 Å². The van der Waals surface area contributed by atoms with Crippen LogP contribution in [0.3, 0.4) is 0 Å². The minimum absolute atomic E-state index is 0.0215. The summed E-state index contributed by atoms with van der Waals surface area (Å²) in [6.45, 7) is 7.76. The van der Waals surface area contributed by atoms with Crippen LogP contribution in [0.25, 0.3) is 11.3 Å². The Labute approximate surface area is 233 Å². The lowest BCUT2D eigenvalue weighted by Gasteiger charge is -2.27. The van der Waals surface area contributed by atoms with E-state index in [9.17, 15) is 4.79 Å². The Morgan fingerprint density at radius 1 is 1.08 bits per heavy atom. The summed E-state index contributed by atoms with van der Waals surface area (Å²) in [6.07, 6.45) is 1.78. The van der Waals surface area contributed by atoms with Gasteiger partial charge in [0.05, 0.1) is 11.7 Å². The maximum Gasteiger partial charge on any atom is 0.226 e. The Balaban J connectivity index is 1.56. The quantitative estimate of drug-likeness (QED) is 0.247. The Bertz CT molecular complexity index is 1500. The van der Waals surface area contributed by atoms with Crippen molar-refractivity contribution in [3.05, 3.63) is 101 Å². The Morgan fingerprint density at radius 3 is 2.61 bits per heavy atom. The van der Waals surface area contributed by atoms with Gasteiger partial charge in [0.1, 0.15) is 17.6 Å². The number of thiocarbonyl (C=S) groups is 1. The molecular weight excluding hydrogens is 516 g/mol. The molecule has 0 aliphatic carbocycles. The lowest BCUT2D eigenvalue weighted by molar-refractivity contribution is -0.118. The summed E-state index contributed by atoms with van der Waals surface area (Å²) in [7, 11) is 0. The Hall–Kier alpha value is -3.68. The zero-order valence-corrected chi connectivity index (χ0v) is 23.2. The van der Waals surface area contributed by atoms with Crippen molar-refractivity contribution in [2.75, 3.05) is 10.2 Å². The van der Waals surface area contributed by atoms with Gasteiger partial charge < -0.3 is 20.0 Å². The van der Waals surface area contributed by atoms with Crippen LogP contribution in [-0.4, -0.2) is 16.0 Å². The minimum Gasteiger partial charge on any atom is -0.459 e. The number of nitrogens with zero attached hydrogens (tertiary/aromatic N) is 2. The molecule has 194 valence electrons. The number of furan rings is 1. The second-order valence-electron chi connectivity index (χ2n) is 9.80. The lowest BCUT2D eigenvalue weighted by Crippen LogP contribution is -2.29. The number of amides is 1. The third-order valence-corrected chi connectivity index (χ3v) is 7.30. The average molecular weight is 545 g/mol. The van der Waals surface area contributed by atoms with E-state index < -0.39 is 0 Å². The van der Waals surface area contributed by atoms with Gasteiger partial charge in [0.25, 0.3) is 0 Å². The van der Waals surface area contributed by atoms with E-state index in [1.54, 1.807) is 6.20 Å². The fourth-order valence-electron chi connectivity index (χ4n) is 4.65. The number of hydrogen-bond donors (Lipinski definition) is 2. The Kier molecular flexibility index (Phi) is 7.23. The average Bonchev–Trinajstić information content (AvgIpc) is 3.51. The predicted octanol–water partition coefficient (Wildman–Crippen LogP) is 7.38. The van der Waals surface area contributed by atoms with Crippen molar-refractivity contribution in [3.8, 4) is 11.3 Å². The highest BCUT2D eigenvalue weighted by Gasteiger charge is 2.42. The summed E-state index contributed by atoms with van der Waals surface area (Å²) in [5, 5.41) is 7.69. The molecule has 0 radical (unpaired) electrons. The van der Waals surface area contributed by atoms with Crippen LogP contribution < -0.4 is 15.5 Å². The molecule has 0 spiro atoms. The molecule has 6 nitrogen and oxygen atoms in total. The first kappa shape index (κ1) is 25.9. The van der Waals surface area contributed by atoms with Gasteiger partial charge in [-0.3, -0.25) is 9.78 Å². The number of aromatic nitrogens is 1. The molecule has 1 fully saturated rings. The van der Waals surface area contributed by atoms with E-state index in [1.807, 2.05) is 94.4 Å². The van der Waals surface area contributed by atoms with E-state index in [4.69, 9.17) is 28.2 Å². The van der Waals surface area contributed by atoms with Crippen LogP contribution in [0.4, 0.5) is 11.4 Å². The van der Waals surface area contributed by atoms with Crippen LogP contribution in [0.1, 0.15) is 48.5 Å². The smallest absolute Gasteiger partial charge is 0.226 e. The molecule has 2 atom stereocenters. The second-order valence-corrected chi connectivity index (χ2v) is 10.6. The first-order chi connectivity index (χ1) is 18.2. The monoisotopic (exact) mass is 544 g/mol. The molecule has 4 aromatic rings. The maximum atomic E-state index is 12.3. The van der Waals surface area contributed by atoms with Crippen molar-refractivity contribution in [2.45, 2.75) is 39.8 Å². The number of pyridine rings is 1. The highest BCUT2D eigenvalue weighted by molar-refractivity contribution is 7.80. The van der Waals surface area contributed by atoms with Gasteiger partial charge in [-0.15, -0.1) is 0 Å². The SMILES string of the molecule is Cc1cc(N2C(=S)N[C@@H](c3ccccn3)[C@@H]2c2ccc(-c3cc(Cl)ccc3C)o2)ccc1NC(=O)C(C)C. The highest BCUT2D eigenvalue weighted by Crippen LogP contribution is 2.43.